The van der Waals surface area contributed by atoms with Crippen molar-refractivity contribution in [2.45, 2.75) is 6.92 Å². The van der Waals surface area contributed by atoms with E-state index in [-0.39, 0.29) is 6.71 Å². The van der Waals surface area contributed by atoms with E-state index in [2.05, 4.69) is 210 Å². The lowest BCUT2D eigenvalue weighted by atomic mass is 9.35. The molecule has 0 N–H and O–H groups in total. The average Bonchev–Trinajstić information content (AvgIpc) is 3.82. The van der Waals surface area contributed by atoms with E-state index in [0.717, 1.165) is 61.8 Å². The van der Waals surface area contributed by atoms with Gasteiger partial charge in [0.1, 0.15) is 23.0 Å². The maximum absolute atomic E-state index is 7.63. The Kier molecular flexibility index (Phi) is 6.57. The van der Waals surface area contributed by atoms with E-state index < -0.39 is 8.07 Å². The molecule has 4 aliphatic rings. The number of hydrogen-bond donors (Lipinski definition) is 0. The maximum atomic E-state index is 7.63. The van der Waals surface area contributed by atoms with Crippen LogP contribution in [0.4, 0.5) is 0 Å². The van der Waals surface area contributed by atoms with Crippen molar-refractivity contribution < 1.29 is 9.47 Å². The summed E-state index contributed by atoms with van der Waals surface area (Å²) in [4.78, 5) is 0. The zero-order valence-electron chi connectivity index (χ0n) is 33.3. The minimum absolute atomic E-state index is 0.0868. The number of rotatable bonds is 2. The maximum Gasteiger partial charge on any atom is 0.260 e. The molecule has 2 aromatic heterocycles. The van der Waals surface area contributed by atoms with Gasteiger partial charge in [0.05, 0.1) is 33.4 Å². The molecule has 0 aliphatic carbocycles. The molecule has 284 valence electrons. The van der Waals surface area contributed by atoms with Crippen molar-refractivity contribution in [3.8, 4) is 34.4 Å². The van der Waals surface area contributed by atoms with Gasteiger partial charge in [-0.2, -0.15) is 0 Å². The Morgan fingerprint density at radius 3 is 1.93 bits per heavy atom. The summed E-state index contributed by atoms with van der Waals surface area (Å²) in [5, 5.41) is 10.0. The molecule has 0 saturated heterocycles. The summed E-state index contributed by atoms with van der Waals surface area (Å²) in [6, 6.07) is 72.3. The molecule has 0 amide bonds. The van der Waals surface area contributed by atoms with Gasteiger partial charge in [0.25, 0.3) is 6.71 Å². The molecule has 61 heavy (non-hydrogen) atoms. The van der Waals surface area contributed by atoms with Gasteiger partial charge in [0, 0.05) is 39.1 Å². The Morgan fingerprint density at radius 1 is 0.443 bits per heavy atom. The number of aryl methyl sites for hydroxylation is 1. The fraction of sp³-hybridized carbons (Fsp3) is 0.0182. The Bertz CT molecular complexity index is 3700. The second-order valence-electron chi connectivity index (χ2n) is 16.9. The number of benzene rings is 9. The van der Waals surface area contributed by atoms with Gasteiger partial charge in [-0.25, -0.2) is 0 Å². The molecular formula is C55H35BN2O2Si. The average molecular weight is 795 g/mol. The standard InChI is InChI=1S/C55H35BN2O2Si/c1-34-14-11-17-37(30-34)61(36-15-3-2-4-16-36)38-28-29-47-42(33-38)40-19-6-9-24-46(40)58(47)48-25-12-20-41-39-18-5-8-23-45(39)57(54(41)48)35-31-50-53-51(32-35)60-55-44(22-13-27-52(55)61)56(53)43-21-7-10-26-49(43)59-50/h2-33H,1H3. The lowest BCUT2D eigenvalue weighted by Crippen LogP contribution is -2.75. The van der Waals surface area contributed by atoms with Crippen molar-refractivity contribution >= 4 is 95.5 Å². The topological polar surface area (TPSA) is 28.3 Å². The second kappa shape index (κ2) is 12.0. The molecule has 1 unspecified atom stereocenters. The van der Waals surface area contributed by atoms with Gasteiger partial charge in [-0.3, -0.25) is 0 Å². The Morgan fingerprint density at radius 2 is 1.08 bits per heavy atom. The summed E-state index contributed by atoms with van der Waals surface area (Å²) in [6.45, 7) is 2.13. The van der Waals surface area contributed by atoms with E-state index in [9.17, 15) is 0 Å². The van der Waals surface area contributed by atoms with Crippen molar-refractivity contribution in [1.82, 2.24) is 9.13 Å². The predicted octanol–water partition coefficient (Wildman–Crippen LogP) is 8.61. The molecule has 15 rings (SSSR count). The fourth-order valence-electron chi connectivity index (χ4n) is 11.3. The number of hydrogen-bond acceptors (Lipinski definition) is 2. The molecule has 6 heteroatoms. The first kappa shape index (κ1) is 33.3. The van der Waals surface area contributed by atoms with E-state index in [1.165, 1.54) is 58.9 Å². The van der Waals surface area contributed by atoms with Crippen LogP contribution in [-0.2, 0) is 0 Å². The third-order valence-corrected chi connectivity index (χ3v) is 18.5. The number of ether oxygens (including phenoxy) is 2. The molecule has 9 aromatic carbocycles. The highest BCUT2D eigenvalue weighted by atomic mass is 28.3. The predicted molar refractivity (Wildman–Crippen MR) is 255 cm³/mol. The van der Waals surface area contributed by atoms with Crippen LogP contribution in [0.25, 0.3) is 55.0 Å². The van der Waals surface area contributed by atoms with E-state index >= 15 is 0 Å². The summed E-state index contributed by atoms with van der Waals surface area (Å²) in [7, 11) is -3.17. The third kappa shape index (κ3) is 4.29. The van der Waals surface area contributed by atoms with Crippen LogP contribution in [-0.4, -0.2) is 23.9 Å². The van der Waals surface area contributed by atoms with Gasteiger partial charge in [-0.05, 0) is 68.9 Å². The van der Waals surface area contributed by atoms with Crippen LogP contribution < -0.4 is 46.6 Å². The first-order chi connectivity index (χ1) is 30.2. The van der Waals surface area contributed by atoms with Crippen LogP contribution in [0.15, 0.2) is 194 Å². The van der Waals surface area contributed by atoms with Crippen molar-refractivity contribution in [3.05, 3.63) is 200 Å². The van der Waals surface area contributed by atoms with Crippen molar-refractivity contribution in [1.29, 1.82) is 0 Å². The summed E-state index contributed by atoms with van der Waals surface area (Å²) in [5.74, 6) is 3.48. The van der Waals surface area contributed by atoms with Gasteiger partial charge < -0.3 is 18.6 Å². The molecule has 7 bridgehead atoms. The van der Waals surface area contributed by atoms with Crippen LogP contribution in [0.3, 0.4) is 0 Å². The smallest absolute Gasteiger partial charge is 0.260 e. The quantitative estimate of drug-likeness (QED) is 0.164. The van der Waals surface area contributed by atoms with Crippen molar-refractivity contribution in [3.63, 3.8) is 0 Å². The van der Waals surface area contributed by atoms with Gasteiger partial charge in [0.15, 0.2) is 8.07 Å². The summed E-state index contributed by atoms with van der Waals surface area (Å²) < 4.78 is 19.5. The highest BCUT2D eigenvalue weighted by Crippen LogP contribution is 2.43. The molecule has 11 aromatic rings. The molecule has 6 heterocycles. The van der Waals surface area contributed by atoms with Gasteiger partial charge in [-0.1, -0.05) is 157 Å². The molecule has 1 atom stereocenters. The lowest BCUT2D eigenvalue weighted by molar-refractivity contribution is 0.466. The SMILES string of the molecule is Cc1cccc([Si]2(c3ccccc3)c3ccc4c(c3)c3ccccc3n4-c3cccc4c5ccccc5n(c34)-c3cc4c5c(c3)Oc3c(cccc32)B5c2ccccc2O4)c1. The zero-order valence-corrected chi connectivity index (χ0v) is 34.3. The molecule has 0 saturated carbocycles. The summed E-state index contributed by atoms with van der Waals surface area (Å²) >= 11 is 0. The molecule has 0 spiro atoms. The van der Waals surface area contributed by atoms with Crippen molar-refractivity contribution in [2.24, 2.45) is 0 Å². The number of aromatic nitrogens is 2. The highest BCUT2D eigenvalue weighted by Gasteiger charge is 2.48. The van der Waals surface area contributed by atoms with Gasteiger partial charge in [0.2, 0.25) is 0 Å². The monoisotopic (exact) mass is 794 g/mol. The van der Waals surface area contributed by atoms with Crippen LogP contribution in [0, 0.1) is 6.92 Å². The number of fused-ring (bicyclic) bond motifs is 7. The lowest BCUT2D eigenvalue weighted by Gasteiger charge is -2.39. The largest absolute Gasteiger partial charge is 0.458 e. The van der Waals surface area contributed by atoms with Gasteiger partial charge >= 0.3 is 0 Å². The zero-order chi connectivity index (χ0) is 40.0. The summed E-state index contributed by atoms with van der Waals surface area (Å²) in [5.41, 5.74) is 11.3. The molecular weight excluding hydrogens is 760 g/mol. The van der Waals surface area contributed by atoms with E-state index in [0.29, 0.717) is 0 Å². The van der Waals surface area contributed by atoms with Crippen molar-refractivity contribution in [2.75, 3.05) is 0 Å². The highest BCUT2D eigenvalue weighted by molar-refractivity contribution is 7.20. The summed E-state index contributed by atoms with van der Waals surface area (Å²) in [6.07, 6.45) is 0. The first-order valence-electron chi connectivity index (χ1n) is 21.1. The number of nitrogens with zero attached hydrogens (tertiary/aromatic N) is 2. The van der Waals surface area contributed by atoms with Crippen LogP contribution in [0.2, 0.25) is 0 Å². The third-order valence-electron chi connectivity index (χ3n) is 13.7. The minimum Gasteiger partial charge on any atom is -0.458 e. The van der Waals surface area contributed by atoms with E-state index in [4.69, 9.17) is 9.47 Å². The van der Waals surface area contributed by atoms with Crippen LogP contribution >= 0.6 is 0 Å². The van der Waals surface area contributed by atoms with E-state index in [1.807, 2.05) is 0 Å². The molecule has 4 aliphatic heterocycles. The van der Waals surface area contributed by atoms with Gasteiger partial charge in [-0.15, -0.1) is 0 Å². The normalized spacial score (nSPS) is 15.6. The molecule has 4 nitrogen and oxygen atoms in total. The van der Waals surface area contributed by atoms with E-state index in [1.54, 1.807) is 0 Å². The van der Waals surface area contributed by atoms with Crippen LogP contribution in [0.1, 0.15) is 5.56 Å². The van der Waals surface area contributed by atoms with Crippen LogP contribution in [0.5, 0.6) is 23.0 Å². The fourth-order valence-corrected chi connectivity index (χ4v) is 16.3. The Hall–Kier alpha value is -7.54. The Labute approximate surface area is 353 Å². The second-order valence-corrected chi connectivity index (χ2v) is 20.6. The number of para-hydroxylation sites is 5. The minimum atomic E-state index is -3.17. The first-order valence-corrected chi connectivity index (χ1v) is 23.1. The Balaban J connectivity index is 1.24. The molecule has 0 fully saturated rings. The molecule has 0 radical (unpaired) electrons.